The van der Waals surface area contributed by atoms with E-state index in [-0.39, 0.29) is 24.2 Å². The number of anilines is 1. The van der Waals surface area contributed by atoms with Crippen molar-refractivity contribution in [2.24, 2.45) is 4.99 Å². The number of aliphatic imine (C=N–C) groups is 1. The summed E-state index contributed by atoms with van der Waals surface area (Å²) in [6.45, 7) is 2.53. The summed E-state index contributed by atoms with van der Waals surface area (Å²) < 4.78 is 28.1. The van der Waals surface area contributed by atoms with Gasteiger partial charge in [-0.1, -0.05) is 6.07 Å². The first-order valence-corrected chi connectivity index (χ1v) is 10.9. The van der Waals surface area contributed by atoms with E-state index in [9.17, 15) is 13.6 Å². The van der Waals surface area contributed by atoms with Crippen LogP contribution in [0.2, 0.25) is 0 Å². The Kier molecular flexibility index (Phi) is 6.17. The molecule has 0 radical (unpaired) electrons. The van der Waals surface area contributed by atoms with Crippen LogP contribution in [0, 0.1) is 11.6 Å². The molecule has 2 aliphatic heterocycles. The van der Waals surface area contributed by atoms with Crippen molar-refractivity contribution in [3.63, 3.8) is 0 Å². The number of carbonyl (C=O) groups excluding carboxylic acids is 1. The first-order valence-electron chi connectivity index (χ1n) is 10.0. The van der Waals surface area contributed by atoms with E-state index in [2.05, 4.69) is 27.1 Å². The number of para-hydroxylation sites is 1. The molecule has 30 heavy (non-hydrogen) atoms. The van der Waals surface area contributed by atoms with E-state index in [1.165, 1.54) is 28.6 Å². The lowest BCUT2D eigenvalue weighted by Crippen LogP contribution is -2.48. The number of hydrogen-bond acceptors (Lipinski definition) is 4. The molecule has 1 saturated heterocycles. The van der Waals surface area contributed by atoms with Gasteiger partial charge in [0, 0.05) is 44.1 Å². The molecule has 1 amide bonds. The lowest BCUT2D eigenvalue weighted by Gasteiger charge is -2.27. The SMILES string of the molecule is CN=C(NCC(=O)N1CCc2sccc2C1)NC1CCN(c2c(F)cccc2F)C1. The van der Waals surface area contributed by atoms with Crippen LogP contribution < -0.4 is 15.5 Å². The number of nitrogens with zero attached hydrogens (tertiary/aromatic N) is 3. The molecule has 2 aromatic rings. The van der Waals surface area contributed by atoms with E-state index in [1.807, 2.05) is 4.90 Å². The maximum Gasteiger partial charge on any atom is 0.242 e. The summed E-state index contributed by atoms with van der Waals surface area (Å²) in [5.41, 5.74) is 1.24. The van der Waals surface area contributed by atoms with Gasteiger partial charge >= 0.3 is 0 Å². The predicted octanol–water partition coefficient (Wildman–Crippen LogP) is 2.35. The zero-order chi connectivity index (χ0) is 21.1. The molecule has 2 N–H and O–H groups in total. The van der Waals surface area contributed by atoms with Crippen LogP contribution >= 0.6 is 11.3 Å². The van der Waals surface area contributed by atoms with Crippen LogP contribution in [0.4, 0.5) is 14.5 Å². The number of rotatable bonds is 4. The van der Waals surface area contributed by atoms with Crippen molar-refractivity contribution in [2.75, 3.05) is 38.1 Å². The molecule has 4 rings (SSSR count). The summed E-state index contributed by atoms with van der Waals surface area (Å²) >= 11 is 1.75. The van der Waals surface area contributed by atoms with Crippen molar-refractivity contribution in [3.05, 3.63) is 51.7 Å². The second kappa shape index (κ2) is 8.99. The van der Waals surface area contributed by atoms with Crippen LogP contribution in [-0.2, 0) is 17.8 Å². The molecule has 3 heterocycles. The monoisotopic (exact) mass is 433 g/mol. The molecule has 160 valence electrons. The lowest BCUT2D eigenvalue weighted by molar-refractivity contribution is -0.130. The van der Waals surface area contributed by atoms with E-state index in [1.54, 1.807) is 23.3 Å². The second-order valence-corrected chi connectivity index (χ2v) is 8.51. The standard InChI is InChI=1S/C21H25F2N5OS/c1-24-21(25-11-19(29)27-9-6-18-14(12-27)7-10-30-18)26-15-5-8-28(13-15)20-16(22)3-2-4-17(20)23/h2-4,7,10,15H,5-6,8-9,11-13H2,1H3,(H2,24,25,26). The van der Waals surface area contributed by atoms with Gasteiger partial charge in [0.15, 0.2) is 5.96 Å². The van der Waals surface area contributed by atoms with E-state index in [0.29, 0.717) is 25.6 Å². The van der Waals surface area contributed by atoms with Crippen LogP contribution in [0.1, 0.15) is 16.9 Å². The molecule has 1 aromatic heterocycles. The second-order valence-electron chi connectivity index (χ2n) is 7.51. The zero-order valence-electron chi connectivity index (χ0n) is 16.8. The maximum atomic E-state index is 14.0. The predicted molar refractivity (Wildman–Crippen MR) is 115 cm³/mol. The summed E-state index contributed by atoms with van der Waals surface area (Å²) in [4.78, 5) is 21.7. The Morgan fingerprint density at radius 2 is 2.07 bits per heavy atom. The number of amides is 1. The van der Waals surface area contributed by atoms with E-state index in [4.69, 9.17) is 0 Å². The smallest absolute Gasteiger partial charge is 0.242 e. The highest BCUT2D eigenvalue weighted by molar-refractivity contribution is 7.10. The van der Waals surface area contributed by atoms with Gasteiger partial charge in [0.05, 0.1) is 6.54 Å². The van der Waals surface area contributed by atoms with Gasteiger partial charge in [0.2, 0.25) is 5.91 Å². The minimum absolute atomic E-state index is 0.0119. The third kappa shape index (κ3) is 4.40. The topological polar surface area (TPSA) is 60.0 Å². The van der Waals surface area contributed by atoms with Gasteiger partial charge in [-0.3, -0.25) is 9.79 Å². The van der Waals surface area contributed by atoms with Crippen molar-refractivity contribution in [1.29, 1.82) is 0 Å². The van der Waals surface area contributed by atoms with Gasteiger partial charge in [0.25, 0.3) is 0 Å². The van der Waals surface area contributed by atoms with E-state index >= 15 is 0 Å². The van der Waals surface area contributed by atoms with Crippen molar-refractivity contribution >= 4 is 28.9 Å². The number of nitrogens with one attached hydrogen (secondary N) is 2. The van der Waals surface area contributed by atoms with Crippen molar-refractivity contribution in [2.45, 2.75) is 25.4 Å². The Balaban J connectivity index is 1.28. The number of hydrogen-bond donors (Lipinski definition) is 2. The molecule has 1 aromatic carbocycles. The first kappa shape index (κ1) is 20.6. The third-order valence-corrected chi connectivity index (χ3v) is 6.60. The van der Waals surface area contributed by atoms with Gasteiger partial charge < -0.3 is 20.4 Å². The molecule has 2 aliphatic rings. The van der Waals surface area contributed by atoms with Crippen LogP contribution in [0.15, 0.2) is 34.6 Å². The fraction of sp³-hybridized carbons (Fsp3) is 0.429. The van der Waals surface area contributed by atoms with Gasteiger partial charge in [-0.25, -0.2) is 8.78 Å². The van der Waals surface area contributed by atoms with E-state index in [0.717, 1.165) is 19.4 Å². The van der Waals surface area contributed by atoms with Crippen molar-refractivity contribution < 1.29 is 13.6 Å². The Hall–Kier alpha value is -2.68. The van der Waals surface area contributed by atoms with Gasteiger partial charge in [0.1, 0.15) is 17.3 Å². The third-order valence-electron chi connectivity index (χ3n) is 5.57. The molecule has 6 nitrogen and oxygen atoms in total. The molecule has 1 fully saturated rings. The quantitative estimate of drug-likeness (QED) is 0.574. The van der Waals surface area contributed by atoms with Crippen LogP contribution in [-0.4, -0.2) is 56.0 Å². The summed E-state index contributed by atoms with van der Waals surface area (Å²) in [6.07, 6.45) is 1.62. The van der Waals surface area contributed by atoms with Gasteiger partial charge in [-0.15, -0.1) is 11.3 Å². The number of guanidine groups is 1. The largest absolute Gasteiger partial charge is 0.365 e. The zero-order valence-corrected chi connectivity index (χ0v) is 17.6. The van der Waals surface area contributed by atoms with Crippen LogP contribution in [0.25, 0.3) is 0 Å². The average molecular weight is 434 g/mol. The summed E-state index contributed by atoms with van der Waals surface area (Å²) in [5.74, 6) is -0.577. The fourth-order valence-corrected chi connectivity index (χ4v) is 4.88. The highest BCUT2D eigenvalue weighted by atomic mass is 32.1. The Morgan fingerprint density at radius 3 is 2.83 bits per heavy atom. The minimum Gasteiger partial charge on any atom is -0.365 e. The number of halogens is 2. The van der Waals surface area contributed by atoms with E-state index < -0.39 is 11.6 Å². The van der Waals surface area contributed by atoms with Crippen LogP contribution in [0.5, 0.6) is 0 Å². The maximum absolute atomic E-state index is 14.0. The Morgan fingerprint density at radius 1 is 1.27 bits per heavy atom. The van der Waals surface area contributed by atoms with Gasteiger partial charge in [-0.2, -0.15) is 0 Å². The molecule has 0 bridgehead atoms. The Labute approximate surface area is 178 Å². The molecular formula is C21H25F2N5OS. The number of thiophene rings is 1. The van der Waals surface area contributed by atoms with Crippen molar-refractivity contribution in [1.82, 2.24) is 15.5 Å². The van der Waals surface area contributed by atoms with Crippen LogP contribution in [0.3, 0.4) is 0 Å². The number of carbonyl (C=O) groups is 1. The highest BCUT2D eigenvalue weighted by Crippen LogP contribution is 2.27. The minimum atomic E-state index is -0.556. The van der Waals surface area contributed by atoms with Crippen molar-refractivity contribution in [3.8, 4) is 0 Å². The number of benzene rings is 1. The molecular weight excluding hydrogens is 408 g/mol. The molecule has 0 saturated carbocycles. The molecule has 1 unspecified atom stereocenters. The summed E-state index contributed by atoms with van der Waals surface area (Å²) in [5, 5.41) is 8.40. The van der Waals surface area contributed by atoms with Gasteiger partial charge in [-0.05, 0) is 42.0 Å². The average Bonchev–Trinajstić information content (AvgIpc) is 3.39. The first-order chi connectivity index (χ1) is 14.5. The normalized spacial score (nSPS) is 19.0. The highest BCUT2D eigenvalue weighted by Gasteiger charge is 2.27. The molecule has 0 aliphatic carbocycles. The molecule has 0 spiro atoms. The number of fused-ring (bicyclic) bond motifs is 1. The lowest BCUT2D eigenvalue weighted by atomic mass is 10.1. The Bertz CT molecular complexity index is 927. The molecule has 1 atom stereocenters. The fourth-order valence-electron chi connectivity index (χ4n) is 3.99. The summed E-state index contributed by atoms with van der Waals surface area (Å²) in [6, 6.07) is 5.96. The summed E-state index contributed by atoms with van der Waals surface area (Å²) in [7, 11) is 1.64. The molecule has 9 heteroatoms.